The quantitative estimate of drug-likeness (QED) is 0.229. The van der Waals surface area contributed by atoms with Crippen LogP contribution in [0.2, 0.25) is 10.0 Å². The van der Waals surface area contributed by atoms with Crippen LogP contribution in [-0.2, 0) is 19.6 Å². The van der Waals surface area contributed by atoms with Crippen molar-refractivity contribution in [2.24, 2.45) is 16.6 Å². The van der Waals surface area contributed by atoms with Gasteiger partial charge in [0.2, 0.25) is 10.0 Å². The van der Waals surface area contributed by atoms with Crippen molar-refractivity contribution in [1.82, 2.24) is 9.21 Å². The molecule has 2 aliphatic heterocycles. The van der Waals surface area contributed by atoms with E-state index in [0.29, 0.717) is 47.6 Å². The number of halogens is 5. The number of fused-ring (bicyclic) bond motifs is 1. The van der Waals surface area contributed by atoms with E-state index < -0.39 is 28.1 Å². The molecule has 1 amide bonds. The summed E-state index contributed by atoms with van der Waals surface area (Å²) in [6.45, 7) is 0.576. The van der Waals surface area contributed by atoms with Gasteiger partial charge in [0.05, 0.1) is 17.0 Å². The first-order chi connectivity index (χ1) is 25.6. The Labute approximate surface area is 320 Å². The number of alkyl halides is 3. The van der Waals surface area contributed by atoms with Crippen LogP contribution in [0.3, 0.4) is 0 Å². The summed E-state index contributed by atoms with van der Waals surface area (Å²) in [5.41, 5.74) is 8.62. The summed E-state index contributed by atoms with van der Waals surface area (Å²) in [5, 5.41) is 8.52. The number of ether oxygens (including phenoxy) is 1. The molecule has 16 heteroatoms. The molecule has 4 aliphatic rings. The molecule has 0 aromatic heterocycles. The van der Waals surface area contributed by atoms with Crippen molar-refractivity contribution in [3.05, 3.63) is 118 Å². The first kappa shape index (κ1) is 39.3. The van der Waals surface area contributed by atoms with Crippen LogP contribution in [0.1, 0.15) is 42.7 Å². The second-order valence-corrected chi connectivity index (χ2v) is 16.2. The first-order valence-electron chi connectivity index (χ1n) is 17.2. The molecule has 0 spiro atoms. The van der Waals surface area contributed by atoms with Crippen LogP contribution in [0.25, 0.3) is 0 Å². The Bertz CT molecular complexity index is 2000. The van der Waals surface area contributed by atoms with Crippen LogP contribution < -0.4 is 10.5 Å². The lowest BCUT2D eigenvalue weighted by molar-refractivity contribution is -0.192. The van der Waals surface area contributed by atoms with Gasteiger partial charge in [-0.1, -0.05) is 65.7 Å². The molecule has 7 rings (SSSR count). The van der Waals surface area contributed by atoms with E-state index in [2.05, 4.69) is 47.4 Å². The monoisotopic (exact) mass is 804 g/mol. The number of aliphatic imine (C=N–C) groups is 1. The van der Waals surface area contributed by atoms with E-state index in [9.17, 15) is 26.4 Å². The minimum absolute atomic E-state index is 0.00636. The number of benzene rings is 3. The zero-order valence-electron chi connectivity index (χ0n) is 28.7. The van der Waals surface area contributed by atoms with Crippen LogP contribution >= 0.6 is 23.2 Å². The normalized spacial score (nSPS) is 20.4. The molecule has 286 valence electrons. The molecule has 0 radical (unpaired) electrons. The molecule has 0 bridgehead atoms. The third kappa shape index (κ3) is 9.11. The molecule has 1 saturated heterocycles. The largest absolute Gasteiger partial charge is 0.490 e. The minimum Gasteiger partial charge on any atom is -0.484 e. The number of piperidine rings is 1. The zero-order valence-corrected chi connectivity index (χ0v) is 31.0. The summed E-state index contributed by atoms with van der Waals surface area (Å²) in [4.78, 5) is 27.9. The fourth-order valence-corrected chi connectivity index (χ4v) is 8.67. The maximum atomic E-state index is 13.6. The number of carbonyl (C=O) groups excluding carboxylic acids is 1. The van der Waals surface area contributed by atoms with Crippen molar-refractivity contribution in [1.29, 1.82) is 0 Å². The SMILES string of the molecule is NC(=O)COc1ccc(S(=O)(=O)N2CCC(N3C(C4CC4)=NC4C=CC(C(c5ccc(Cl)cc5)c5ccc(Cl)cc5)=CC43)CC2)cc1.O=C(O)C(F)(F)F. The van der Waals surface area contributed by atoms with Gasteiger partial charge < -0.3 is 20.5 Å². The third-order valence-corrected chi connectivity index (χ3v) is 12.1. The van der Waals surface area contributed by atoms with Crippen molar-refractivity contribution >= 4 is 50.9 Å². The first-order valence-corrected chi connectivity index (χ1v) is 19.4. The van der Waals surface area contributed by atoms with Gasteiger partial charge in [-0.25, -0.2) is 13.2 Å². The van der Waals surface area contributed by atoms with Gasteiger partial charge in [-0.2, -0.15) is 17.5 Å². The fourth-order valence-electron chi connectivity index (χ4n) is 6.95. The summed E-state index contributed by atoms with van der Waals surface area (Å²) in [6, 6.07) is 22.4. The topological polar surface area (TPSA) is 143 Å². The Hall–Kier alpha value is -4.37. The average Bonchev–Trinajstić information content (AvgIpc) is 3.92. The van der Waals surface area contributed by atoms with Crippen molar-refractivity contribution in [3.63, 3.8) is 0 Å². The second-order valence-electron chi connectivity index (χ2n) is 13.4. The number of primary amides is 1. The van der Waals surface area contributed by atoms with Gasteiger partial charge in [0.25, 0.3) is 5.91 Å². The van der Waals surface area contributed by atoms with Gasteiger partial charge in [-0.3, -0.25) is 9.79 Å². The van der Waals surface area contributed by atoms with Crippen LogP contribution in [0, 0.1) is 5.92 Å². The Balaban J connectivity index is 0.000000649. The molecule has 2 heterocycles. The summed E-state index contributed by atoms with van der Waals surface area (Å²) in [7, 11) is -3.69. The van der Waals surface area contributed by atoms with Gasteiger partial charge >= 0.3 is 12.1 Å². The zero-order chi connectivity index (χ0) is 38.8. The number of nitrogens with zero attached hydrogens (tertiary/aromatic N) is 3. The molecule has 2 atom stereocenters. The van der Waals surface area contributed by atoms with E-state index in [1.165, 1.54) is 23.5 Å². The standard InChI is InChI=1S/C36H36Cl2N4O4S.C2HF3O2/c37-27-8-3-23(4-9-27)35(24-5-10-28(38)11-6-24)26-7-16-32-33(21-26)42(36(40-32)25-1-2-25)29-17-19-41(20-18-29)47(44,45)31-14-12-30(13-15-31)46-22-34(39)43;3-2(4,5)1(6)7/h3-16,21,25,29,32-33,35H,1-2,17-20,22H2,(H2,39,43);(H,6,7). The molecule has 1 saturated carbocycles. The van der Waals surface area contributed by atoms with Crippen LogP contribution in [0.15, 0.2) is 106 Å². The van der Waals surface area contributed by atoms with E-state index in [1.54, 1.807) is 16.4 Å². The number of nitrogens with two attached hydrogens (primary N) is 1. The van der Waals surface area contributed by atoms with Crippen LogP contribution in [-0.4, -0.2) is 84.4 Å². The maximum Gasteiger partial charge on any atom is 0.490 e. The Morgan fingerprint density at radius 3 is 1.93 bits per heavy atom. The highest BCUT2D eigenvalue weighted by atomic mass is 35.5. The molecule has 2 fully saturated rings. The third-order valence-electron chi connectivity index (χ3n) is 9.65. The Morgan fingerprint density at radius 2 is 1.44 bits per heavy atom. The highest BCUT2D eigenvalue weighted by molar-refractivity contribution is 7.89. The van der Waals surface area contributed by atoms with E-state index in [0.717, 1.165) is 24.0 Å². The summed E-state index contributed by atoms with van der Waals surface area (Å²) in [6.07, 6.45) is 5.43. The maximum absolute atomic E-state index is 13.6. The van der Waals surface area contributed by atoms with Gasteiger partial charge in [0.15, 0.2) is 6.61 Å². The predicted octanol–water partition coefficient (Wildman–Crippen LogP) is 6.83. The van der Waals surface area contributed by atoms with E-state index >= 15 is 0 Å². The smallest absolute Gasteiger partial charge is 0.484 e. The van der Waals surface area contributed by atoms with E-state index in [4.69, 9.17) is 48.6 Å². The average molecular weight is 806 g/mol. The lowest BCUT2D eigenvalue weighted by Crippen LogP contribution is -2.52. The molecule has 10 nitrogen and oxygen atoms in total. The Morgan fingerprint density at radius 1 is 0.907 bits per heavy atom. The fraction of sp³-hybridized carbons (Fsp3) is 0.342. The number of allylic oxidation sites excluding steroid dienone is 2. The number of hydrogen-bond donors (Lipinski definition) is 2. The second kappa shape index (κ2) is 16.2. The number of hydrogen-bond acceptors (Lipinski definition) is 7. The molecule has 3 aromatic rings. The van der Waals surface area contributed by atoms with Crippen molar-refractivity contribution in [2.75, 3.05) is 19.7 Å². The lowest BCUT2D eigenvalue weighted by Gasteiger charge is -2.41. The molecule has 3 N–H and O–H groups in total. The minimum atomic E-state index is -5.08. The molecule has 2 unspecified atom stereocenters. The van der Waals surface area contributed by atoms with Crippen LogP contribution in [0.4, 0.5) is 13.2 Å². The molecular formula is C38H37Cl2F3N4O6S. The van der Waals surface area contributed by atoms with E-state index in [-0.39, 0.29) is 35.5 Å². The summed E-state index contributed by atoms with van der Waals surface area (Å²) in [5.74, 6) is -1.33. The highest BCUT2D eigenvalue weighted by Crippen LogP contribution is 2.43. The molecule has 54 heavy (non-hydrogen) atoms. The van der Waals surface area contributed by atoms with Crippen molar-refractivity contribution < 1.29 is 41.0 Å². The number of amidine groups is 1. The van der Waals surface area contributed by atoms with Crippen molar-refractivity contribution in [2.45, 2.75) is 60.8 Å². The van der Waals surface area contributed by atoms with Gasteiger partial charge in [0, 0.05) is 41.0 Å². The number of rotatable bonds is 10. The van der Waals surface area contributed by atoms with Gasteiger partial charge in [-0.15, -0.1) is 0 Å². The van der Waals surface area contributed by atoms with Crippen LogP contribution in [0.5, 0.6) is 5.75 Å². The van der Waals surface area contributed by atoms with Crippen molar-refractivity contribution in [3.8, 4) is 5.75 Å². The highest BCUT2D eigenvalue weighted by Gasteiger charge is 2.46. The summed E-state index contributed by atoms with van der Waals surface area (Å²) < 4.78 is 65.7. The molecular weight excluding hydrogens is 768 g/mol. The number of carboxylic acid groups (broad SMARTS) is 1. The number of sulfonamides is 1. The predicted molar refractivity (Wildman–Crippen MR) is 198 cm³/mol. The molecule has 3 aromatic carbocycles. The number of amides is 1. The summed E-state index contributed by atoms with van der Waals surface area (Å²) >= 11 is 12.5. The number of carbonyl (C=O) groups is 2. The van der Waals surface area contributed by atoms with E-state index in [1.807, 2.05) is 24.3 Å². The van der Waals surface area contributed by atoms with Gasteiger partial charge in [-0.05, 0) is 90.9 Å². The number of carboxylic acids is 1. The number of aliphatic carboxylic acids is 1. The molecule has 2 aliphatic carbocycles. The van der Waals surface area contributed by atoms with Gasteiger partial charge in [0.1, 0.15) is 11.6 Å². The lowest BCUT2D eigenvalue weighted by atomic mass is 9.81. The Kier molecular flexibility index (Phi) is 11.8.